The van der Waals surface area contributed by atoms with Crippen molar-refractivity contribution in [3.05, 3.63) is 98.8 Å². The molecule has 0 aliphatic heterocycles. The maximum atomic E-state index is 12.2. The first kappa shape index (κ1) is 16.8. The monoisotopic (exact) mass is 380 g/mol. The summed E-state index contributed by atoms with van der Waals surface area (Å²) in [6.07, 6.45) is 0. The van der Waals surface area contributed by atoms with E-state index >= 15 is 0 Å². The van der Waals surface area contributed by atoms with Gasteiger partial charge in [0, 0.05) is 11.6 Å². The zero-order valence-corrected chi connectivity index (χ0v) is 15.2. The lowest BCUT2D eigenvalue weighted by atomic mass is 10.1. The molecule has 0 atom stereocenters. The first-order valence-electron chi connectivity index (χ1n) is 8.11. The van der Waals surface area contributed by atoms with Gasteiger partial charge in [-0.25, -0.2) is 4.68 Å². The molecular weight excluding hydrogens is 367 g/mol. The molecule has 0 radical (unpaired) electrons. The normalized spacial score (nSPS) is 11.0. The average Bonchev–Trinajstić information content (AvgIpc) is 2.66. The third-order valence-electron chi connectivity index (χ3n) is 4.23. The van der Waals surface area contributed by atoms with E-state index < -0.39 is 0 Å². The summed E-state index contributed by atoms with van der Waals surface area (Å²) in [6.45, 7) is 0.330. The molecule has 1 aromatic heterocycles. The highest BCUT2D eigenvalue weighted by Crippen LogP contribution is 2.24. The topological polar surface area (TPSA) is 34.9 Å². The lowest BCUT2D eigenvalue weighted by Gasteiger charge is -2.09. The van der Waals surface area contributed by atoms with Gasteiger partial charge >= 0.3 is 0 Å². The molecule has 0 aliphatic rings. The number of hydrogen-bond donors (Lipinski definition) is 0. The van der Waals surface area contributed by atoms with Gasteiger partial charge in [0.05, 0.1) is 22.3 Å². The molecule has 0 bridgehead atoms. The minimum absolute atomic E-state index is 0.166. The summed E-state index contributed by atoms with van der Waals surface area (Å²) >= 11 is 12.0. The molecular formula is C21H14Cl2N2O. The molecule has 0 N–H and O–H groups in total. The van der Waals surface area contributed by atoms with E-state index in [0.29, 0.717) is 16.6 Å². The van der Waals surface area contributed by atoms with Gasteiger partial charge in [-0.3, -0.25) is 4.79 Å². The fraction of sp³-hybridized carbons (Fsp3) is 0.0476. The summed E-state index contributed by atoms with van der Waals surface area (Å²) in [5.41, 5.74) is 2.41. The standard InChI is InChI=1S/C21H14Cl2N2O/c22-18-8-5-14(11-19(18)23)13-25-21(26)10-9-20(24-25)17-7-6-15-3-1-2-4-16(15)12-17/h1-12H,13H2. The van der Waals surface area contributed by atoms with Crippen molar-refractivity contribution in [1.82, 2.24) is 9.78 Å². The van der Waals surface area contributed by atoms with E-state index in [1.165, 1.54) is 16.1 Å². The lowest BCUT2D eigenvalue weighted by Crippen LogP contribution is -2.22. The van der Waals surface area contributed by atoms with E-state index in [4.69, 9.17) is 23.2 Å². The van der Waals surface area contributed by atoms with Crippen LogP contribution in [0.15, 0.2) is 77.6 Å². The van der Waals surface area contributed by atoms with Crippen LogP contribution in [-0.4, -0.2) is 9.78 Å². The van der Waals surface area contributed by atoms with Crippen LogP contribution in [0.2, 0.25) is 10.0 Å². The minimum atomic E-state index is -0.166. The first-order chi connectivity index (χ1) is 12.6. The molecule has 128 valence electrons. The quantitative estimate of drug-likeness (QED) is 0.475. The third kappa shape index (κ3) is 3.36. The van der Waals surface area contributed by atoms with E-state index in [-0.39, 0.29) is 5.56 Å². The Bertz CT molecular complexity index is 1170. The van der Waals surface area contributed by atoms with Gasteiger partial charge in [-0.1, -0.05) is 65.7 Å². The van der Waals surface area contributed by atoms with Crippen molar-refractivity contribution < 1.29 is 0 Å². The Hall–Kier alpha value is -2.62. The molecule has 4 rings (SSSR count). The van der Waals surface area contributed by atoms with Crippen LogP contribution < -0.4 is 5.56 Å². The van der Waals surface area contributed by atoms with Crippen molar-refractivity contribution in [3.8, 4) is 11.3 Å². The molecule has 0 saturated heterocycles. The van der Waals surface area contributed by atoms with Crippen LogP contribution in [-0.2, 0) is 6.54 Å². The van der Waals surface area contributed by atoms with Crippen LogP contribution in [0.4, 0.5) is 0 Å². The molecule has 0 aliphatic carbocycles. The third-order valence-corrected chi connectivity index (χ3v) is 4.97. The molecule has 0 saturated carbocycles. The summed E-state index contributed by atoms with van der Waals surface area (Å²) in [7, 11) is 0. The van der Waals surface area contributed by atoms with Gasteiger partial charge in [0.15, 0.2) is 0 Å². The Kier molecular flexibility index (Phi) is 4.49. The number of aromatic nitrogens is 2. The van der Waals surface area contributed by atoms with Crippen LogP contribution in [0.3, 0.4) is 0 Å². The largest absolute Gasteiger partial charge is 0.268 e. The van der Waals surface area contributed by atoms with E-state index in [1.54, 1.807) is 18.2 Å². The smallest absolute Gasteiger partial charge is 0.267 e. The van der Waals surface area contributed by atoms with Crippen LogP contribution in [0.25, 0.3) is 22.0 Å². The Balaban J connectivity index is 1.73. The van der Waals surface area contributed by atoms with E-state index in [1.807, 2.05) is 24.3 Å². The highest BCUT2D eigenvalue weighted by atomic mass is 35.5. The molecule has 0 amide bonds. The summed E-state index contributed by atoms with van der Waals surface area (Å²) < 4.78 is 1.43. The van der Waals surface area contributed by atoms with Gasteiger partial charge in [-0.2, -0.15) is 5.10 Å². The van der Waals surface area contributed by atoms with Crippen molar-refractivity contribution in [2.75, 3.05) is 0 Å². The predicted octanol–water partition coefficient (Wildman–Crippen LogP) is 5.42. The summed E-state index contributed by atoms with van der Waals surface area (Å²) in [6, 6.07) is 22.9. The molecule has 5 heteroatoms. The van der Waals surface area contributed by atoms with E-state index in [0.717, 1.165) is 22.2 Å². The van der Waals surface area contributed by atoms with Gasteiger partial charge in [-0.05, 0) is 40.6 Å². The summed E-state index contributed by atoms with van der Waals surface area (Å²) in [5, 5.41) is 7.77. The second kappa shape index (κ2) is 6.94. The van der Waals surface area contributed by atoms with Crippen LogP contribution in [0.1, 0.15) is 5.56 Å². The summed E-state index contributed by atoms with van der Waals surface area (Å²) in [4.78, 5) is 12.2. The van der Waals surface area contributed by atoms with Gasteiger partial charge < -0.3 is 0 Å². The number of rotatable bonds is 3. The van der Waals surface area contributed by atoms with Crippen LogP contribution in [0.5, 0.6) is 0 Å². The summed E-state index contributed by atoms with van der Waals surface area (Å²) in [5.74, 6) is 0. The minimum Gasteiger partial charge on any atom is -0.268 e. The number of hydrogen-bond acceptors (Lipinski definition) is 2. The van der Waals surface area contributed by atoms with Gasteiger partial charge in [-0.15, -0.1) is 0 Å². The lowest BCUT2D eigenvalue weighted by molar-refractivity contribution is 0.643. The number of halogens is 2. The number of benzene rings is 3. The molecule has 0 unspecified atom stereocenters. The number of nitrogens with zero attached hydrogens (tertiary/aromatic N) is 2. The zero-order chi connectivity index (χ0) is 18.1. The van der Waals surface area contributed by atoms with Gasteiger partial charge in [0.2, 0.25) is 0 Å². The Morgan fingerprint density at radius 2 is 1.62 bits per heavy atom. The van der Waals surface area contributed by atoms with Crippen molar-refractivity contribution >= 4 is 34.0 Å². The molecule has 1 heterocycles. The molecule has 0 spiro atoms. The second-order valence-corrected chi connectivity index (χ2v) is 6.84. The number of fused-ring (bicyclic) bond motifs is 1. The highest BCUT2D eigenvalue weighted by molar-refractivity contribution is 6.42. The Morgan fingerprint density at radius 1 is 0.808 bits per heavy atom. The second-order valence-electron chi connectivity index (χ2n) is 6.02. The fourth-order valence-corrected chi connectivity index (χ4v) is 3.20. The van der Waals surface area contributed by atoms with Crippen LogP contribution in [0, 0.1) is 0 Å². The molecule has 26 heavy (non-hydrogen) atoms. The van der Waals surface area contributed by atoms with Crippen molar-refractivity contribution in [1.29, 1.82) is 0 Å². The van der Waals surface area contributed by atoms with Crippen molar-refractivity contribution in [2.24, 2.45) is 0 Å². The Labute approximate surface area is 160 Å². The molecule has 4 aromatic rings. The maximum Gasteiger partial charge on any atom is 0.267 e. The first-order valence-corrected chi connectivity index (χ1v) is 8.87. The van der Waals surface area contributed by atoms with E-state index in [2.05, 4.69) is 29.4 Å². The predicted molar refractivity (Wildman–Crippen MR) is 107 cm³/mol. The van der Waals surface area contributed by atoms with Crippen molar-refractivity contribution in [2.45, 2.75) is 6.54 Å². The Morgan fingerprint density at radius 3 is 2.42 bits per heavy atom. The van der Waals surface area contributed by atoms with Crippen molar-refractivity contribution in [3.63, 3.8) is 0 Å². The highest BCUT2D eigenvalue weighted by Gasteiger charge is 2.07. The fourth-order valence-electron chi connectivity index (χ4n) is 2.88. The zero-order valence-electron chi connectivity index (χ0n) is 13.7. The molecule has 0 fully saturated rings. The van der Waals surface area contributed by atoms with Gasteiger partial charge in [0.1, 0.15) is 0 Å². The molecule has 3 nitrogen and oxygen atoms in total. The maximum absolute atomic E-state index is 12.2. The van der Waals surface area contributed by atoms with Crippen LogP contribution >= 0.6 is 23.2 Å². The van der Waals surface area contributed by atoms with Gasteiger partial charge in [0.25, 0.3) is 5.56 Å². The average molecular weight is 381 g/mol. The SMILES string of the molecule is O=c1ccc(-c2ccc3ccccc3c2)nn1Cc1ccc(Cl)c(Cl)c1. The molecule has 3 aromatic carbocycles. The van der Waals surface area contributed by atoms with E-state index in [9.17, 15) is 4.79 Å².